The van der Waals surface area contributed by atoms with Gasteiger partial charge in [0.05, 0.1) is 0 Å². The number of rotatable bonds is 4. The van der Waals surface area contributed by atoms with Gasteiger partial charge in [0.25, 0.3) is 0 Å². The summed E-state index contributed by atoms with van der Waals surface area (Å²) >= 11 is 1.94. The first-order chi connectivity index (χ1) is 9.13. The Hall–Kier alpha value is -0.710. The Bertz CT molecular complexity index is 348. The van der Waals surface area contributed by atoms with Crippen molar-refractivity contribution < 1.29 is 9.59 Å². The van der Waals surface area contributed by atoms with Crippen LogP contribution in [0.15, 0.2) is 0 Å². The molecule has 2 fully saturated rings. The second kappa shape index (κ2) is 6.64. The Balaban J connectivity index is 1.91. The smallest absolute Gasteiger partial charge is 0.243 e. The first kappa shape index (κ1) is 14.7. The first-order valence-corrected chi connectivity index (χ1v) is 8.37. The molecule has 1 saturated heterocycles. The van der Waals surface area contributed by atoms with Gasteiger partial charge < -0.3 is 10.2 Å². The molecule has 2 rings (SSSR count). The largest absolute Gasteiger partial charge is 0.350 e. The van der Waals surface area contributed by atoms with Crippen LogP contribution in [-0.4, -0.2) is 46.3 Å². The number of hydrogen-bond donors (Lipinski definition) is 1. The van der Waals surface area contributed by atoms with E-state index in [2.05, 4.69) is 12.2 Å². The molecule has 1 heterocycles. The molecule has 4 nitrogen and oxygen atoms in total. The molecule has 108 valence electrons. The highest BCUT2D eigenvalue weighted by atomic mass is 32.2. The number of thioether (sulfide) groups is 1. The fourth-order valence-corrected chi connectivity index (χ4v) is 4.40. The molecule has 0 radical (unpaired) electrons. The lowest BCUT2D eigenvalue weighted by atomic mass is 10.1. The van der Waals surface area contributed by atoms with Gasteiger partial charge in [-0.2, -0.15) is 11.8 Å². The maximum atomic E-state index is 12.4. The van der Waals surface area contributed by atoms with Gasteiger partial charge >= 0.3 is 0 Å². The molecule has 1 aliphatic heterocycles. The minimum absolute atomic E-state index is 0.0172. The second-order valence-corrected chi connectivity index (χ2v) is 6.93. The summed E-state index contributed by atoms with van der Waals surface area (Å²) in [5.74, 6) is 1.17. The maximum Gasteiger partial charge on any atom is 0.243 e. The minimum atomic E-state index is -0.231. The van der Waals surface area contributed by atoms with Gasteiger partial charge in [0.15, 0.2) is 0 Å². The van der Waals surface area contributed by atoms with E-state index in [1.165, 1.54) is 12.8 Å². The normalized spacial score (nSPS) is 30.6. The molecule has 3 atom stereocenters. The molecule has 2 amide bonds. The first-order valence-electron chi connectivity index (χ1n) is 7.32. The molecule has 19 heavy (non-hydrogen) atoms. The maximum absolute atomic E-state index is 12.4. The summed E-state index contributed by atoms with van der Waals surface area (Å²) in [6.07, 6.45) is 5.23. The number of nitrogens with zero attached hydrogens (tertiary/aromatic N) is 1. The molecule has 0 aromatic heterocycles. The van der Waals surface area contributed by atoms with Crippen LogP contribution in [0.2, 0.25) is 0 Å². The Labute approximate surface area is 119 Å². The van der Waals surface area contributed by atoms with Gasteiger partial charge in [0, 0.05) is 24.8 Å². The monoisotopic (exact) mass is 284 g/mol. The highest BCUT2D eigenvalue weighted by Gasteiger charge is 2.35. The van der Waals surface area contributed by atoms with Crippen LogP contribution in [0, 0.1) is 0 Å². The Kier molecular flexibility index (Phi) is 5.13. The van der Waals surface area contributed by atoms with Gasteiger partial charge in [-0.25, -0.2) is 0 Å². The van der Waals surface area contributed by atoms with Gasteiger partial charge in [0.2, 0.25) is 11.8 Å². The molecular weight excluding hydrogens is 260 g/mol. The molecule has 0 aromatic rings. The van der Waals surface area contributed by atoms with E-state index in [1.807, 2.05) is 11.8 Å². The third kappa shape index (κ3) is 3.44. The highest BCUT2D eigenvalue weighted by molar-refractivity contribution is 7.99. The SMILES string of the molecule is CCS[C@H]1CCC[C@@H]1NC(=O)[C@@H]1CCCN1C(C)=O. The van der Waals surface area contributed by atoms with E-state index in [1.54, 1.807) is 11.8 Å². The zero-order valence-corrected chi connectivity index (χ0v) is 12.7. The summed E-state index contributed by atoms with van der Waals surface area (Å²) in [5.41, 5.74) is 0. The highest BCUT2D eigenvalue weighted by Crippen LogP contribution is 2.30. The molecule has 1 N–H and O–H groups in total. The summed E-state index contributed by atoms with van der Waals surface area (Å²) in [5, 5.41) is 3.74. The number of likely N-dealkylation sites (tertiary alicyclic amines) is 1. The van der Waals surface area contributed by atoms with Gasteiger partial charge in [-0.3, -0.25) is 9.59 Å². The van der Waals surface area contributed by atoms with Crippen molar-refractivity contribution in [2.45, 2.75) is 63.3 Å². The molecule has 0 aromatic carbocycles. The van der Waals surface area contributed by atoms with Crippen molar-refractivity contribution in [3.63, 3.8) is 0 Å². The van der Waals surface area contributed by atoms with E-state index in [4.69, 9.17) is 0 Å². The van der Waals surface area contributed by atoms with E-state index in [-0.39, 0.29) is 17.9 Å². The lowest BCUT2D eigenvalue weighted by Gasteiger charge is -2.26. The minimum Gasteiger partial charge on any atom is -0.350 e. The predicted octanol–water partition coefficient (Wildman–Crippen LogP) is 1.79. The fourth-order valence-electron chi connectivity index (χ4n) is 3.20. The predicted molar refractivity (Wildman–Crippen MR) is 78.1 cm³/mol. The summed E-state index contributed by atoms with van der Waals surface area (Å²) < 4.78 is 0. The van der Waals surface area contributed by atoms with E-state index in [0.717, 1.165) is 31.6 Å². The van der Waals surface area contributed by atoms with Gasteiger partial charge in [-0.15, -0.1) is 0 Å². The molecular formula is C14H24N2O2S. The average molecular weight is 284 g/mol. The summed E-state index contributed by atoms with van der Waals surface area (Å²) in [6.45, 7) is 4.44. The van der Waals surface area contributed by atoms with Crippen molar-refractivity contribution in [3.8, 4) is 0 Å². The summed E-state index contributed by atoms with van der Waals surface area (Å²) in [7, 11) is 0. The quantitative estimate of drug-likeness (QED) is 0.856. The van der Waals surface area contributed by atoms with Crippen LogP contribution in [0.25, 0.3) is 0 Å². The van der Waals surface area contributed by atoms with Crippen molar-refractivity contribution in [2.75, 3.05) is 12.3 Å². The molecule has 1 saturated carbocycles. The van der Waals surface area contributed by atoms with Crippen LogP contribution in [0.1, 0.15) is 46.0 Å². The van der Waals surface area contributed by atoms with Crippen molar-refractivity contribution >= 4 is 23.6 Å². The molecule has 0 unspecified atom stereocenters. The number of hydrogen-bond acceptors (Lipinski definition) is 3. The van der Waals surface area contributed by atoms with Gasteiger partial charge in [0.1, 0.15) is 6.04 Å². The standard InChI is InChI=1S/C14H24N2O2S/c1-3-19-13-8-4-6-11(13)15-14(18)12-7-5-9-16(12)10(2)17/h11-13H,3-9H2,1-2H3,(H,15,18)/t11-,12-,13-/m0/s1. The third-order valence-electron chi connectivity index (χ3n) is 4.12. The van der Waals surface area contributed by atoms with Crippen LogP contribution in [0.5, 0.6) is 0 Å². The van der Waals surface area contributed by atoms with Crippen LogP contribution < -0.4 is 5.32 Å². The van der Waals surface area contributed by atoms with Gasteiger partial charge in [-0.1, -0.05) is 13.3 Å². The van der Waals surface area contributed by atoms with Crippen LogP contribution in [0.4, 0.5) is 0 Å². The van der Waals surface area contributed by atoms with Gasteiger partial charge in [-0.05, 0) is 31.4 Å². The van der Waals surface area contributed by atoms with Crippen LogP contribution >= 0.6 is 11.8 Å². The Morgan fingerprint density at radius 2 is 2.05 bits per heavy atom. The van der Waals surface area contributed by atoms with Crippen LogP contribution in [-0.2, 0) is 9.59 Å². The van der Waals surface area contributed by atoms with Crippen molar-refractivity contribution in [3.05, 3.63) is 0 Å². The number of nitrogens with one attached hydrogen (secondary N) is 1. The van der Waals surface area contributed by atoms with Crippen molar-refractivity contribution in [2.24, 2.45) is 0 Å². The van der Waals surface area contributed by atoms with E-state index in [9.17, 15) is 9.59 Å². The number of carbonyl (C=O) groups is 2. The zero-order valence-electron chi connectivity index (χ0n) is 11.9. The summed E-state index contributed by atoms with van der Waals surface area (Å²) in [6, 6.07) is 0.0669. The van der Waals surface area contributed by atoms with E-state index < -0.39 is 0 Å². The lowest BCUT2D eigenvalue weighted by Crippen LogP contribution is -2.49. The fraction of sp³-hybridized carbons (Fsp3) is 0.857. The molecule has 1 aliphatic carbocycles. The number of carbonyl (C=O) groups excluding carboxylic acids is 2. The molecule has 2 aliphatic rings. The zero-order chi connectivity index (χ0) is 13.8. The Morgan fingerprint density at radius 1 is 1.26 bits per heavy atom. The van der Waals surface area contributed by atoms with Crippen molar-refractivity contribution in [1.29, 1.82) is 0 Å². The van der Waals surface area contributed by atoms with E-state index >= 15 is 0 Å². The molecule has 5 heteroatoms. The van der Waals surface area contributed by atoms with Crippen LogP contribution in [0.3, 0.4) is 0 Å². The van der Waals surface area contributed by atoms with Crippen molar-refractivity contribution in [1.82, 2.24) is 10.2 Å². The number of amides is 2. The van der Waals surface area contributed by atoms with E-state index in [0.29, 0.717) is 11.3 Å². The second-order valence-electron chi connectivity index (χ2n) is 5.41. The third-order valence-corrected chi connectivity index (χ3v) is 5.45. The topological polar surface area (TPSA) is 49.4 Å². The molecule has 0 bridgehead atoms. The summed E-state index contributed by atoms with van der Waals surface area (Å²) in [4.78, 5) is 25.6. The molecule has 0 spiro atoms. The lowest BCUT2D eigenvalue weighted by molar-refractivity contribution is -0.137. The average Bonchev–Trinajstić information content (AvgIpc) is 2.98. The Morgan fingerprint density at radius 3 is 2.74 bits per heavy atom.